The first-order chi connectivity index (χ1) is 12.0. The molecule has 5 heteroatoms. The third kappa shape index (κ3) is 4.29. The summed E-state index contributed by atoms with van der Waals surface area (Å²) in [6.07, 6.45) is 0.692. The number of sulfonamides is 1. The highest BCUT2D eigenvalue weighted by Crippen LogP contribution is 2.29. The molecule has 0 aliphatic carbocycles. The van der Waals surface area contributed by atoms with Crippen molar-refractivity contribution >= 4 is 10.0 Å². The van der Waals surface area contributed by atoms with Gasteiger partial charge in [0.15, 0.2) is 0 Å². The summed E-state index contributed by atoms with van der Waals surface area (Å²) in [4.78, 5) is 0. The van der Waals surface area contributed by atoms with Crippen LogP contribution in [0.4, 0.5) is 0 Å². The fraction of sp³-hybridized carbons (Fsp3) is 0.400. The van der Waals surface area contributed by atoms with Crippen molar-refractivity contribution in [1.82, 2.24) is 4.72 Å². The zero-order valence-corrected chi connectivity index (χ0v) is 15.5. The van der Waals surface area contributed by atoms with E-state index in [1.807, 2.05) is 18.2 Å². The Hall–Kier alpha value is -1.69. The van der Waals surface area contributed by atoms with Crippen LogP contribution >= 0.6 is 0 Å². The molecule has 1 aliphatic heterocycles. The van der Waals surface area contributed by atoms with Crippen molar-refractivity contribution in [3.8, 4) is 11.1 Å². The Bertz CT molecular complexity index is 785. The smallest absolute Gasteiger partial charge is 0.214 e. The second kappa shape index (κ2) is 7.68. The van der Waals surface area contributed by atoms with Gasteiger partial charge in [0.2, 0.25) is 10.0 Å². The van der Waals surface area contributed by atoms with Crippen LogP contribution in [0.1, 0.15) is 31.7 Å². The maximum absolute atomic E-state index is 12.3. The van der Waals surface area contributed by atoms with E-state index in [9.17, 15) is 8.42 Å². The predicted octanol–water partition coefficient (Wildman–Crippen LogP) is 3.55. The van der Waals surface area contributed by atoms with Crippen molar-refractivity contribution in [2.24, 2.45) is 0 Å². The summed E-state index contributed by atoms with van der Waals surface area (Å²) in [5.41, 5.74) is 3.43. The Morgan fingerprint density at radius 1 is 1.00 bits per heavy atom. The van der Waals surface area contributed by atoms with Crippen molar-refractivity contribution in [3.63, 3.8) is 0 Å². The Balaban J connectivity index is 1.81. The second-order valence-corrected chi connectivity index (χ2v) is 9.04. The van der Waals surface area contributed by atoms with Gasteiger partial charge in [0.05, 0.1) is 11.9 Å². The van der Waals surface area contributed by atoms with E-state index in [-0.39, 0.29) is 12.0 Å². The SMILES string of the molecule is CC(C)S(=O)(=O)N[C@H]1CCOC[C@H]1c1ccc(-c2ccccc2)cc1. The Morgan fingerprint density at radius 2 is 1.64 bits per heavy atom. The molecule has 1 fully saturated rings. The molecule has 0 bridgehead atoms. The third-order valence-corrected chi connectivity index (χ3v) is 6.61. The van der Waals surface area contributed by atoms with Gasteiger partial charge in [-0.2, -0.15) is 0 Å². The number of hydrogen-bond acceptors (Lipinski definition) is 3. The number of rotatable bonds is 5. The topological polar surface area (TPSA) is 55.4 Å². The van der Waals surface area contributed by atoms with Gasteiger partial charge in [0, 0.05) is 18.6 Å². The fourth-order valence-electron chi connectivity index (χ4n) is 3.11. The van der Waals surface area contributed by atoms with Gasteiger partial charge in [-0.05, 0) is 37.0 Å². The van der Waals surface area contributed by atoms with Crippen LogP contribution in [0.3, 0.4) is 0 Å². The first-order valence-electron chi connectivity index (χ1n) is 8.71. The lowest BCUT2D eigenvalue weighted by atomic mass is 9.88. The van der Waals surface area contributed by atoms with Crippen molar-refractivity contribution in [3.05, 3.63) is 60.2 Å². The number of nitrogens with one attached hydrogen (secondary N) is 1. The van der Waals surface area contributed by atoms with Crippen LogP contribution < -0.4 is 4.72 Å². The normalized spacial score (nSPS) is 21.4. The van der Waals surface area contributed by atoms with Crippen molar-refractivity contribution in [2.45, 2.75) is 37.5 Å². The molecule has 2 aromatic carbocycles. The van der Waals surface area contributed by atoms with Crippen molar-refractivity contribution in [1.29, 1.82) is 0 Å². The highest BCUT2D eigenvalue weighted by atomic mass is 32.2. The number of ether oxygens (including phenoxy) is 1. The van der Waals surface area contributed by atoms with Crippen LogP contribution in [0, 0.1) is 0 Å². The minimum Gasteiger partial charge on any atom is -0.381 e. The van der Waals surface area contributed by atoms with Crippen LogP contribution in [-0.4, -0.2) is 32.9 Å². The minimum absolute atomic E-state index is 0.0344. The molecular weight excluding hydrogens is 334 g/mol. The maximum Gasteiger partial charge on any atom is 0.214 e. The summed E-state index contributed by atoms with van der Waals surface area (Å²) < 4.78 is 33.0. The van der Waals surface area contributed by atoms with Gasteiger partial charge in [-0.25, -0.2) is 13.1 Å². The van der Waals surface area contributed by atoms with E-state index in [4.69, 9.17) is 4.74 Å². The molecule has 1 saturated heterocycles. The average Bonchev–Trinajstić information content (AvgIpc) is 2.63. The lowest BCUT2D eigenvalue weighted by Crippen LogP contribution is -2.46. The molecule has 0 amide bonds. The first-order valence-corrected chi connectivity index (χ1v) is 10.3. The average molecular weight is 359 g/mol. The molecule has 25 heavy (non-hydrogen) atoms. The molecule has 1 aliphatic rings. The lowest BCUT2D eigenvalue weighted by molar-refractivity contribution is 0.0653. The van der Waals surface area contributed by atoms with Gasteiger partial charge in [-0.3, -0.25) is 0 Å². The number of benzene rings is 2. The zero-order chi connectivity index (χ0) is 17.9. The summed E-state index contributed by atoms with van der Waals surface area (Å²) in [6, 6.07) is 18.4. The van der Waals surface area contributed by atoms with E-state index in [1.165, 1.54) is 5.56 Å². The van der Waals surface area contributed by atoms with Crippen LogP contribution in [-0.2, 0) is 14.8 Å². The van der Waals surface area contributed by atoms with E-state index >= 15 is 0 Å². The van der Waals surface area contributed by atoms with Gasteiger partial charge in [0.25, 0.3) is 0 Å². The molecule has 1 N–H and O–H groups in total. The standard InChI is InChI=1S/C20H25NO3S/c1-15(2)25(22,23)21-20-12-13-24-14-19(20)18-10-8-17(9-11-18)16-6-4-3-5-7-16/h3-11,15,19-21H,12-14H2,1-2H3/t19-,20-/m0/s1. The molecule has 2 atom stereocenters. The zero-order valence-electron chi connectivity index (χ0n) is 14.7. The summed E-state index contributed by atoms with van der Waals surface area (Å²) in [5.74, 6) is 0.0344. The quantitative estimate of drug-likeness (QED) is 0.888. The van der Waals surface area contributed by atoms with Gasteiger partial charge in [0.1, 0.15) is 0 Å². The molecule has 2 aromatic rings. The highest BCUT2D eigenvalue weighted by molar-refractivity contribution is 7.90. The Kier molecular flexibility index (Phi) is 5.57. The van der Waals surface area contributed by atoms with E-state index in [1.54, 1.807) is 13.8 Å². The predicted molar refractivity (Wildman–Crippen MR) is 101 cm³/mol. The van der Waals surface area contributed by atoms with Gasteiger partial charge >= 0.3 is 0 Å². The summed E-state index contributed by atoms with van der Waals surface area (Å²) >= 11 is 0. The maximum atomic E-state index is 12.3. The lowest BCUT2D eigenvalue weighted by Gasteiger charge is -2.33. The largest absolute Gasteiger partial charge is 0.381 e. The van der Waals surface area contributed by atoms with Gasteiger partial charge in [-0.1, -0.05) is 54.6 Å². The molecule has 1 heterocycles. The molecule has 0 aromatic heterocycles. The van der Waals surface area contributed by atoms with Gasteiger partial charge in [-0.15, -0.1) is 0 Å². The van der Waals surface area contributed by atoms with E-state index in [2.05, 4.69) is 41.1 Å². The summed E-state index contributed by atoms with van der Waals surface area (Å²) in [7, 11) is -3.30. The molecular formula is C20H25NO3S. The second-order valence-electron chi connectivity index (χ2n) is 6.78. The summed E-state index contributed by atoms with van der Waals surface area (Å²) in [5, 5.41) is -0.434. The molecule has 134 valence electrons. The molecule has 4 nitrogen and oxygen atoms in total. The Labute approximate surface area is 150 Å². The number of hydrogen-bond donors (Lipinski definition) is 1. The molecule has 3 rings (SSSR count). The minimum atomic E-state index is -3.30. The summed E-state index contributed by atoms with van der Waals surface area (Å²) in [6.45, 7) is 4.52. The Morgan fingerprint density at radius 3 is 2.28 bits per heavy atom. The van der Waals surface area contributed by atoms with Crippen LogP contribution in [0.5, 0.6) is 0 Å². The molecule has 0 radical (unpaired) electrons. The van der Waals surface area contributed by atoms with E-state index < -0.39 is 15.3 Å². The van der Waals surface area contributed by atoms with Gasteiger partial charge < -0.3 is 4.74 Å². The van der Waals surface area contributed by atoms with Crippen LogP contribution in [0.25, 0.3) is 11.1 Å². The first kappa shape index (κ1) is 18.1. The molecule has 0 saturated carbocycles. The van der Waals surface area contributed by atoms with Crippen LogP contribution in [0.2, 0.25) is 0 Å². The molecule has 0 unspecified atom stereocenters. The molecule has 0 spiro atoms. The van der Waals surface area contributed by atoms with E-state index in [0.717, 1.165) is 11.1 Å². The van der Waals surface area contributed by atoms with Crippen molar-refractivity contribution in [2.75, 3.05) is 13.2 Å². The van der Waals surface area contributed by atoms with Crippen LogP contribution in [0.15, 0.2) is 54.6 Å². The van der Waals surface area contributed by atoms with E-state index in [0.29, 0.717) is 19.6 Å². The fourth-order valence-corrected chi connectivity index (χ4v) is 4.08. The highest BCUT2D eigenvalue weighted by Gasteiger charge is 2.31. The third-order valence-electron chi connectivity index (χ3n) is 4.74. The van der Waals surface area contributed by atoms with Crippen molar-refractivity contribution < 1.29 is 13.2 Å². The monoisotopic (exact) mass is 359 g/mol.